The smallest absolute Gasteiger partial charge is 0.471 e. The minimum atomic E-state index is -5.23. The molecule has 0 aliphatic carbocycles. The molecule has 0 bridgehead atoms. The van der Waals surface area contributed by atoms with Crippen LogP contribution in [0.15, 0.2) is 66.7 Å². The van der Waals surface area contributed by atoms with Crippen LogP contribution in [0.2, 0.25) is 0 Å². The van der Waals surface area contributed by atoms with E-state index in [4.69, 9.17) is 18.9 Å². The number of halogens is 7. The van der Waals surface area contributed by atoms with Gasteiger partial charge in [0.05, 0.1) is 52.8 Å². The number of alkyl halides is 6. The highest BCUT2D eigenvalue weighted by atomic mass is 127. The topological polar surface area (TPSA) is 136 Å². The molecule has 2 aliphatic rings. The molecule has 17 heteroatoms. The van der Waals surface area contributed by atoms with Gasteiger partial charge in [-0.2, -0.15) is 26.3 Å². The zero-order valence-corrected chi connectivity index (χ0v) is 31.4. The van der Waals surface area contributed by atoms with Crippen molar-refractivity contribution < 1.29 is 65.1 Å². The summed E-state index contributed by atoms with van der Waals surface area (Å²) in [6.07, 6.45) is -17.5. The molecule has 54 heavy (non-hydrogen) atoms. The van der Waals surface area contributed by atoms with Crippen molar-refractivity contribution in [3.05, 3.63) is 92.6 Å². The number of aromatic hydroxyl groups is 2. The van der Waals surface area contributed by atoms with Crippen LogP contribution < -0.4 is 10.6 Å². The lowest BCUT2D eigenvalue weighted by molar-refractivity contribution is -0.196. The van der Waals surface area contributed by atoms with Gasteiger partial charge < -0.3 is 39.8 Å². The molecule has 2 fully saturated rings. The Hall–Kier alpha value is -3.65. The van der Waals surface area contributed by atoms with Crippen LogP contribution >= 0.6 is 22.6 Å². The number of nitrogens with one attached hydrogen (secondary N) is 2. The molecule has 0 aromatic heterocycles. The van der Waals surface area contributed by atoms with E-state index < -0.39 is 83.9 Å². The molecular formula is C37H39F6IN2O8. The Labute approximate surface area is 320 Å². The Kier molecular flexibility index (Phi) is 12.8. The quantitative estimate of drug-likeness (QED) is 0.126. The Bertz CT molecular complexity index is 1780. The molecule has 0 saturated carbocycles. The van der Waals surface area contributed by atoms with E-state index in [-0.39, 0.29) is 40.8 Å². The highest BCUT2D eigenvalue weighted by molar-refractivity contribution is 14.1. The van der Waals surface area contributed by atoms with Gasteiger partial charge in [0.25, 0.3) is 0 Å². The highest BCUT2D eigenvalue weighted by Crippen LogP contribution is 2.49. The molecule has 10 nitrogen and oxygen atoms in total. The summed E-state index contributed by atoms with van der Waals surface area (Å²) < 4.78 is 106. The van der Waals surface area contributed by atoms with E-state index >= 15 is 0 Å². The SMILES string of the molecule is CC1O[C@@H](c2cc([C@@H]3C[C@@](C)(NC(=O)C(F)(F)F)[C@H](OCc4ccccc4)C(C)O3)c(O)c(I)c2O)C[C@@H](NC(=O)C(F)(F)F)[C@@H]1OCc1ccccc1. The van der Waals surface area contributed by atoms with Gasteiger partial charge in [0.1, 0.15) is 23.7 Å². The minimum Gasteiger partial charge on any atom is -0.506 e. The summed E-state index contributed by atoms with van der Waals surface area (Å²) in [5, 5.41) is 26.6. The molecule has 294 valence electrons. The number of hydrogen-bond acceptors (Lipinski definition) is 8. The van der Waals surface area contributed by atoms with Crippen molar-refractivity contribution in [1.29, 1.82) is 0 Å². The number of phenols is 2. The molecule has 3 aromatic rings. The summed E-state index contributed by atoms with van der Waals surface area (Å²) in [4.78, 5) is 24.5. The molecular weight excluding hydrogens is 841 g/mol. The van der Waals surface area contributed by atoms with E-state index in [9.17, 15) is 46.1 Å². The third kappa shape index (κ3) is 9.58. The van der Waals surface area contributed by atoms with Gasteiger partial charge in [0.2, 0.25) is 0 Å². The molecule has 0 spiro atoms. The van der Waals surface area contributed by atoms with Gasteiger partial charge in [0, 0.05) is 24.0 Å². The average molecular weight is 881 g/mol. The Morgan fingerprint density at radius 1 is 0.815 bits per heavy atom. The van der Waals surface area contributed by atoms with Crippen molar-refractivity contribution >= 4 is 34.4 Å². The van der Waals surface area contributed by atoms with Crippen LogP contribution in [0.3, 0.4) is 0 Å². The van der Waals surface area contributed by atoms with Gasteiger partial charge in [-0.1, -0.05) is 60.7 Å². The predicted molar refractivity (Wildman–Crippen MR) is 189 cm³/mol. The van der Waals surface area contributed by atoms with Crippen LogP contribution in [0.25, 0.3) is 0 Å². The van der Waals surface area contributed by atoms with Crippen molar-refractivity contribution in [2.24, 2.45) is 0 Å². The predicted octanol–water partition coefficient (Wildman–Crippen LogP) is 7.06. The second kappa shape index (κ2) is 16.6. The Morgan fingerprint density at radius 2 is 1.31 bits per heavy atom. The maximum atomic E-state index is 13.6. The van der Waals surface area contributed by atoms with Crippen LogP contribution in [-0.2, 0) is 41.8 Å². The van der Waals surface area contributed by atoms with Gasteiger partial charge in [0.15, 0.2) is 0 Å². The van der Waals surface area contributed by atoms with E-state index in [1.54, 1.807) is 90.2 Å². The van der Waals surface area contributed by atoms with Crippen molar-refractivity contribution in [3.8, 4) is 11.5 Å². The zero-order valence-electron chi connectivity index (χ0n) is 29.2. The van der Waals surface area contributed by atoms with Crippen LogP contribution in [0.1, 0.15) is 68.1 Å². The molecule has 2 saturated heterocycles. The number of ether oxygens (including phenoxy) is 4. The lowest BCUT2D eigenvalue weighted by Gasteiger charge is -2.48. The summed E-state index contributed by atoms with van der Waals surface area (Å²) in [6.45, 7) is 4.42. The Morgan fingerprint density at radius 3 is 1.85 bits per heavy atom. The minimum absolute atomic E-state index is 0.00243. The zero-order chi connectivity index (χ0) is 39.6. The first-order valence-corrected chi connectivity index (χ1v) is 18.0. The summed E-state index contributed by atoms with van der Waals surface area (Å²) in [7, 11) is 0. The second-order valence-corrected chi connectivity index (χ2v) is 14.7. The summed E-state index contributed by atoms with van der Waals surface area (Å²) in [6, 6.07) is 17.6. The Balaban J connectivity index is 1.46. The second-order valence-electron chi connectivity index (χ2n) is 13.6. The number of carbonyl (C=O) groups is 2. The lowest BCUT2D eigenvalue weighted by Crippen LogP contribution is -2.64. The first-order chi connectivity index (χ1) is 25.3. The third-order valence-corrected chi connectivity index (χ3v) is 10.5. The number of carbonyl (C=O) groups excluding carboxylic acids is 2. The third-order valence-electron chi connectivity index (χ3n) is 9.50. The molecule has 4 N–H and O–H groups in total. The fourth-order valence-electron chi connectivity index (χ4n) is 6.97. The molecule has 2 unspecified atom stereocenters. The maximum absolute atomic E-state index is 13.6. The molecule has 2 amide bonds. The first-order valence-electron chi connectivity index (χ1n) is 16.9. The normalized spacial score (nSPS) is 27.6. The summed E-state index contributed by atoms with van der Waals surface area (Å²) >= 11 is 1.65. The van der Waals surface area contributed by atoms with Crippen LogP contribution in [0.4, 0.5) is 26.3 Å². The largest absolute Gasteiger partial charge is 0.506 e. The van der Waals surface area contributed by atoms with Crippen LogP contribution in [-0.4, -0.2) is 70.4 Å². The first kappa shape index (κ1) is 41.5. The molecule has 2 heterocycles. The summed E-state index contributed by atoms with van der Waals surface area (Å²) in [5.74, 6) is -5.36. The van der Waals surface area contributed by atoms with E-state index in [1.807, 2.05) is 5.32 Å². The number of benzene rings is 3. The van der Waals surface area contributed by atoms with Crippen molar-refractivity contribution in [2.45, 2.75) is 107 Å². The van der Waals surface area contributed by atoms with Gasteiger partial charge in [-0.05, 0) is 60.6 Å². The number of hydrogen-bond donors (Lipinski definition) is 4. The molecule has 8 atom stereocenters. The van der Waals surface area contributed by atoms with Gasteiger partial charge in [-0.15, -0.1) is 0 Å². The number of rotatable bonds is 10. The van der Waals surface area contributed by atoms with Gasteiger partial charge >= 0.3 is 24.2 Å². The van der Waals surface area contributed by atoms with Gasteiger partial charge in [-0.25, -0.2) is 0 Å². The van der Waals surface area contributed by atoms with Crippen molar-refractivity contribution in [2.75, 3.05) is 0 Å². The monoisotopic (exact) mass is 880 g/mol. The highest BCUT2D eigenvalue weighted by Gasteiger charge is 2.52. The standard InChI is InChI=1S/C37H39F6IN2O8/c1-19-31(51-17-21-10-6-4-7-11-21)25(45-33(49)36(38,39)40)15-26(53-19)23-14-24(30(48)28(44)29(23)47)27-16-35(3,46-34(50)37(41,42)43)32(20(2)54-27)52-18-22-12-8-5-9-13-22/h4-14,19-20,25-27,31-32,47-48H,15-18H2,1-3H3,(H,45,49)(H,46,50)/t19?,20?,25-,26-,27+,31-,32-,35-/m1/s1. The van der Waals surface area contributed by atoms with Gasteiger partial charge in [-0.3, -0.25) is 9.59 Å². The molecule has 2 aliphatic heterocycles. The molecule has 0 radical (unpaired) electrons. The van der Waals surface area contributed by atoms with E-state index in [2.05, 4.69) is 5.32 Å². The van der Waals surface area contributed by atoms with Crippen LogP contribution in [0.5, 0.6) is 11.5 Å². The van der Waals surface area contributed by atoms with E-state index in [0.717, 1.165) is 5.56 Å². The summed E-state index contributed by atoms with van der Waals surface area (Å²) in [5.41, 5.74) is -0.276. The van der Waals surface area contributed by atoms with E-state index in [0.29, 0.717) is 5.56 Å². The number of phenolic OH excluding ortho intramolecular Hbond substituents is 2. The molecule has 3 aromatic carbocycles. The fraction of sp³-hybridized carbons (Fsp3) is 0.459. The number of amides is 2. The average Bonchev–Trinajstić information content (AvgIpc) is 3.10. The van der Waals surface area contributed by atoms with Crippen LogP contribution in [0, 0.1) is 3.57 Å². The fourth-order valence-corrected chi connectivity index (χ4v) is 7.59. The van der Waals surface area contributed by atoms with Crippen molar-refractivity contribution in [1.82, 2.24) is 10.6 Å². The van der Waals surface area contributed by atoms with E-state index in [1.165, 1.54) is 19.9 Å². The maximum Gasteiger partial charge on any atom is 0.471 e. The molecule has 5 rings (SSSR count). The van der Waals surface area contributed by atoms with Crippen molar-refractivity contribution in [3.63, 3.8) is 0 Å². The lowest BCUT2D eigenvalue weighted by atomic mass is 9.80.